The topological polar surface area (TPSA) is 225 Å². The third kappa shape index (κ3) is 18.7. The minimum Gasteiger partial charge on any atom is -0.499 e. The molecule has 9 atom stereocenters. The van der Waals surface area contributed by atoms with E-state index < -0.39 is 42.8 Å². The summed E-state index contributed by atoms with van der Waals surface area (Å²) >= 11 is 0. The summed E-state index contributed by atoms with van der Waals surface area (Å²) in [5, 5.41) is 51.0. The molecule has 0 aromatic rings. The molecule has 1 saturated heterocycles. The molecule has 2 rings (SSSR count). The Hall–Kier alpha value is -4.86. The molecule has 2 aliphatic rings. The first-order valence-electron chi connectivity index (χ1n) is 21.1. The zero-order chi connectivity index (χ0) is 45.5. The predicted octanol–water partition coefficient (Wildman–Crippen LogP) is 5.90. The third-order valence-corrected chi connectivity index (χ3v) is 10.4. The lowest BCUT2D eigenvalue weighted by atomic mass is 9.92. The van der Waals surface area contributed by atoms with Crippen molar-refractivity contribution in [2.24, 2.45) is 23.5 Å². The minimum absolute atomic E-state index is 0.0830. The van der Waals surface area contributed by atoms with Crippen LogP contribution in [0.3, 0.4) is 0 Å². The van der Waals surface area contributed by atoms with E-state index in [1.165, 1.54) is 7.11 Å². The van der Waals surface area contributed by atoms with E-state index in [1.807, 2.05) is 51.3 Å². The first-order chi connectivity index (χ1) is 29.0. The second-order valence-electron chi connectivity index (χ2n) is 15.8. The zero-order valence-electron chi connectivity index (χ0n) is 36.9. The largest absolute Gasteiger partial charge is 0.499 e. The van der Waals surface area contributed by atoms with Crippen molar-refractivity contribution in [2.45, 2.75) is 123 Å². The van der Waals surface area contributed by atoms with Crippen LogP contribution in [0.2, 0.25) is 0 Å². The monoisotopic (exact) mass is 851 g/mol. The van der Waals surface area contributed by atoms with Crippen molar-refractivity contribution in [3.8, 4) is 0 Å². The Morgan fingerprint density at radius 1 is 0.918 bits per heavy atom. The molecule has 0 saturated carbocycles. The average Bonchev–Trinajstić information content (AvgIpc) is 3.57. The van der Waals surface area contributed by atoms with Crippen LogP contribution in [-0.2, 0) is 28.6 Å². The van der Waals surface area contributed by atoms with Gasteiger partial charge in [0.15, 0.2) is 24.1 Å². The number of rotatable bonds is 25. The number of nitrogens with zero attached hydrogens (tertiary/aromatic N) is 1. The number of carboxylic acids is 1. The van der Waals surface area contributed by atoms with Crippen molar-refractivity contribution < 1.29 is 49.0 Å². The first-order valence-corrected chi connectivity index (χ1v) is 21.1. The number of carboxylic acid groups (broad SMARTS) is 1. The van der Waals surface area contributed by atoms with Crippen molar-refractivity contribution in [3.05, 3.63) is 108 Å². The van der Waals surface area contributed by atoms with E-state index in [4.69, 9.17) is 25.4 Å². The summed E-state index contributed by atoms with van der Waals surface area (Å²) in [7, 11) is 3.29. The summed E-state index contributed by atoms with van der Waals surface area (Å²) in [6.07, 6.45) is 24.3. The maximum absolute atomic E-state index is 12.5. The van der Waals surface area contributed by atoms with Gasteiger partial charge < -0.3 is 50.6 Å². The summed E-state index contributed by atoms with van der Waals surface area (Å²) in [6.45, 7) is 10.5. The summed E-state index contributed by atoms with van der Waals surface area (Å²) in [6, 6.07) is 0. The Balaban J connectivity index is 2.02. The molecule has 0 radical (unpaired) electrons. The molecule has 0 spiro atoms. The molecule has 0 aromatic carbocycles. The summed E-state index contributed by atoms with van der Waals surface area (Å²) in [5.74, 6) is -1.13. The molecule has 14 nitrogen and oxygen atoms in total. The van der Waals surface area contributed by atoms with E-state index in [9.17, 15) is 34.8 Å². The van der Waals surface area contributed by atoms with Crippen molar-refractivity contribution >= 4 is 23.6 Å². The fourth-order valence-corrected chi connectivity index (χ4v) is 6.67. The highest BCUT2D eigenvalue weighted by Gasteiger charge is 2.48. The van der Waals surface area contributed by atoms with Gasteiger partial charge in [0.25, 0.3) is 5.91 Å². The number of hydrogen-bond acceptors (Lipinski definition) is 10. The standard InChI is InChI=1S/C47H70N4O10/c1-31(22-16-13-14-21-29-51(6)47(48)49)23-17-15-18-24-32(2)30-35(5)42(60-46-41(55)39(53)40(54)43(61-46)45(57)58)33(3)25-19-11-9-8-10-12-20-26-34(4)44(56)50-38-36(52)27-28-37(38)59-7/h8-13,16-17,19-20,23,25-26,30-33,39-43,46,53-55H,14-15,18,21-22,24,27-29H2,1-7H3,(H3,48,49)(H,50,56)(H,57,58)/b10-8+,11-9+,16-13+,20-12+,23-17+,25-19+,34-26+,35-30+/t31?,32?,33?,39-,40-,41+,42+,43-,46+/m0/s1. The van der Waals surface area contributed by atoms with E-state index in [0.717, 1.165) is 50.6 Å². The molecule has 1 amide bonds. The van der Waals surface area contributed by atoms with E-state index >= 15 is 0 Å². The molecule has 8 N–H and O–H groups in total. The van der Waals surface area contributed by atoms with Crippen LogP contribution in [0.1, 0.15) is 86.0 Å². The Kier molecular flexibility index (Phi) is 23.9. The number of hydrogen-bond donors (Lipinski definition) is 7. The maximum atomic E-state index is 12.5. The van der Waals surface area contributed by atoms with Crippen LogP contribution in [0, 0.1) is 23.2 Å². The molecule has 0 bridgehead atoms. The third-order valence-electron chi connectivity index (χ3n) is 10.4. The molecule has 1 aliphatic carbocycles. The van der Waals surface area contributed by atoms with Gasteiger partial charge in [0.05, 0.1) is 13.2 Å². The lowest BCUT2D eigenvalue weighted by Gasteiger charge is -2.40. The average molecular weight is 851 g/mol. The number of ketones is 1. The lowest BCUT2D eigenvalue weighted by Crippen LogP contribution is -2.61. The molecule has 338 valence electrons. The fraction of sp³-hybridized carbons (Fsp3) is 0.532. The predicted molar refractivity (Wildman–Crippen MR) is 238 cm³/mol. The summed E-state index contributed by atoms with van der Waals surface area (Å²) < 4.78 is 16.9. The van der Waals surface area contributed by atoms with Gasteiger partial charge in [0, 0.05) is 37.9 Å². The molecule has 14 heteroatoms. The van der Waals surface area contributed by atoms with Crippen molar-refractivity contribution in [2.75, 3.05) is 20.7 Å². The van der Waals surface area contributed by atoms with Crippen molar-refractivity contribution in [1.29, 1.82) is 5.41 Å². The number of nitrogens with one attached hydrogen (secondary N) is 2. The number of ether oxygens (including phenoxy) is 3. The van der Waals surface area contributed by atoms with Gasteiger partial charge in [-0.3, -0.25) is 15.0 Å². The molecule has 1 aliphatic heterocycles. The molecular formula is C47H70N4O10. The van der Waals surface area contributed by atoms with Gasteiger partial charge >= 0.3 is 5.97 Å². The number of unbranched alkanes of at least 4 members (excludes halogenated alkanes) is 2. The maximum Gasteiger partial charge on any atom is 0.335 e. The summed E-state index contributed by atoms with van der Waals surface area (Å²) in [4.78, 5) is 38.0. The van der Waals surface area contributed by atoms with Gasteiger partial charge in [-0.05, 0) is 69.8 Å². The van der Waals surface area contributed by atoms with Crippen LogP contribution in [-0.4, -0.2) is 106 Å². The van der Waals surface area contributed by atoms with E-state index in [1.54, 1.807) is 36.1 Å². The number of aliphatic hydroxyl groups excluding tert-OH is 3. The second kappa shape index (κ2) is 27.9. The zero-order valence-corrected chi connectivity index (χ0v) is 36.9. The minimum atomic E-state index is -1.83. The number of nitrogens with two attached hydrogens (primary N) is 1. The number of methoxy groups -OCH3 is 1. The smallest absolute Gasteiger partial charge is 0.335 e. The number of guanidine groups is 1. The van der Waals surface area contributed by atoms with Crippen molar-refractivity contribution in [1.82, 2.24) is 10.2 Å². The highest BCUT2D eigenvalue weighted by atomic mass is 16.7. The van der Waals surface area contributed by atoms with Crippen LogP contribution in [0.5, 0.6) is 0 Å². The molecule has 3 unspecified atom stereocenters. The Labute approximate surface area is 362 Å². The van der Waals surface area contributed by atoms with Gasteiger partial charge in [-0.2, -0.15) is 0 Å². The van der Waals surface area contributed by atoms with E-state index in [2.05, 4.69) is 49.5 Å². The van der Waals surface area contributed by atoms with Gasteiger partial charge in [-0.25, -0.2) is 4.79 Å². The number of aliphatic hydroxyl groups is 3. The SMILES string of the molecule is COC1=C(NC(=O)/C(C)=C/C=C/C=C/C=C/C=C/C(C)[C@@H](O[C@@H]2O[C@H](C(=O)O)[C@@H](O)[C@H](O)[C@H]2O)/C(C)=C/C(C)CCC/C=C/C(C)C/C=C/CCCN(C)C(=N)N)C(=O)CC1. The molecular weight excluding hydrogens is 781 g/mol. The Morgan fingerprint density at radius 2 is 1.57 bits per heavy atom. The number of Topliss-reactive ketones (excluding diaryl/α,β-unsaturated/α-hetero) is 1. The molecule has 0 aromatic heterocycles. The quantitative estimate of drug-likeness (QED) is 0.0142. The number of amides is 1. The number of aliphatic carboxylic acids is 1. The Morgan fingerprint density at radius 3 is 2.23 bits per heavy atom. The van der Waals surface area contributed by atoms with E-state index in [-0.39, 0.29) is 35.2 Å². The van der Waals surface area contributed by atoms with E-state index in [0.29, 0.717) is 30.1 Å². The molecule has 1 fully saturated rings. The fourth-order valence-electron chi connectivity index (χ4n) is 6.67. The van der Waals surface area contributed by atoms with Crippen LogP contribution in [0.25, 0.3) is 0 Å². The lowest BCUT2D eigenvalue weighted by molar-refractivity contribution is -0.303. The summed E-state index contributed by atoms with van der Waals surface area (Å²) in [5.41, 5.74) is 6.95. The van der Waals surface area contributed by atoms with Gasteiger partial charge in [0.2, 0.25) is 0 Å². The highest BCUT2D eigenvalue weighted by molar-refractivity contribution is 6.04. The normalized spacial score (nSPS) is 23.9. The van der Waals surface area contributed by atoms with Crippen LogP contribution in [0.4, 0.5) is 0 Å². The Bertz CT molecular complexity index is 1720. The van der Waals surface area contributed by atoms with Gasteiger partial charge in [0.1, 0.15) is 29.8 Å². The highest BCUT2D eigenvalue weighted by Crippen LogP contribution is 2.29. The molecule has 1 heterocycles. The van der Waals surface area contributed by atoms with Crippen LogP contribution < -0.4 is 11.1 Å². The number of carbonyl (C=O) groups is 3. The number of allylic oxidation sites excluding steroid dienone is 15. The first kappa shape index (κ1) is 52.3. The number of carbonyl (C=O) groups excluding carboxylic acids is 2. The van der Waals surface area contributed by atoms with Gasteiger partial charge in [-0.15, -0.1) is 0 Å². The van der Waals surface area contributed by atoms with Crippen molar-refractivity contribution in [3.63, 3.8) is 0 Å². The second-order valence-corrected chi connectivity index (χ2v) is 15.8. The van der Waals surface area contributed by atoms with Gasteiger partial charge in [-0.1, -0.05) is 106 Å². The molecule has 61 heavy (non-hydrogen) atoms. The van der Waals surface area contributed by atoms with Crippen LogP contribution in [0.15, 0.2) is 108 Å². The van der Waals surface area contributed by atoms with Crippen LogP contribution >= 0.6 is 0 Å².